The summed E-state index contributed by atoms with van der Waals surface area (Å²) in [5.41, 5.74) is 1.41. The van der Waals surface area contributed by atoms with Gasteiger partial charge in [0.25, 0.3) is 0 Å². The molecule has 24 heavy (non-hydrogen) atoms. The van der Waals surface area contributed by atoms with E-state index in [-0.39, 0.29) is 6.10 Å². The molecule has 5 nitrogen and oxygen atoms in total. The molecule has 5 rings (SSSR count). The Morgan fingerprint density at radius 3 is 2.92 bits per heavy atom. The highest BCUT2D eigenvalue weighted by molar-refractivity contribution is 7.10. The Morgan fingerprint density at radius 2 is 2.12 bits per heavy atom. The first kappa shape index (κ1) is 15.0. The van der Waals surface area contributed by atoms with Crippen LogP contribution in [-0.2, 0) is 11.3 Å². The van der Waals surface area contributed by atoms with E-state index in [1.165, 1.54) is 29.7 Å². The normalized spacial score (nSPS) is 30.6. The predicted octanol–water partition coefficient (Wildman–Crippen LogP) is 3.67. The van der Waals surface area contributed by atoms with Crippen molar-refractivity contribution in [3.63, 3.8) is 0 Å². The fourth-order valence-electron chi connectivity index (χ4n) is 3.94. The maximum absolute atomic E-state index is 6.31. The van der Waals surface area contributed by atoms with Crippen molar-refractivity contribution in [2.75, 3.05) is 13.1 Å². The van der Waals surface area contributed by atoms with Crippen molar-refractivity contribution in [1.82, 2.24) is 15.1 Å². The second-order valence-electron chi connectivity index (χ2n) is 7.46. The Morgan fingerprint density at radius 1 is 1.25 bits per heavy atom. The number of aromatic nitrogens is 2. The van der Waals surface area contributed by atoms with Gasteiger partial charge in [-0.25, -0.2) is 0 Å². The maximum Gasteiger partial charge on any atom is 0.245 e. The van der Waals surface area contributed by atoms with E-state index < -0.39 is 0 Å². The molecule has 0 spiro atoms. The smallest absolute Gasteiger partial charge is 0.245 e. The highest BCUT2D eigenvalue weighted by Crippen LogP contribution is 2.43. The van der Waals surface area contributed by atoms with E-state index in [0.717, 1.165) is 31.9 Å². The number of likely N-dealkylation sites (tertiary alicyclic amines) is 1. The lowest BCUT2D eigenvalue weighted by molar-refractivity contribution is -0.0175. The average Bonchev–Trinajstić information content (AvgIpc) is 2.99. The van der Waals surface area contributed by atoms with Gasteiger partial charge < -0.3 is 9.15 Å². The highest BCUT2D eigenvalue weighted by atomic mass is 32.1. The van der Waals surface area contributed by atoms with Crippen LogP contribution in [0.3, 0.4) is 0 Å². The van der Waals surface area contributed by atoms with E-state index in [1.54, 1.807) is 0 Å². The second kappa shape index (κ2) is 5.93. The van der Waals surface area contributed by atoms with Gasteiger partial charge in [-0.2, -0.15) is 0 Å². The number of ether oxygens (including phenoxy) is 1. The molecule has 1 aliphatic carbocycles. The second-order valence-corrected chi connectivity index (χ2v) is 8.46. The predicted molar refractivity (Wildman–Crippen MR) is 90.9 cm³/mol. The molecule has 0 aromatic carbocycles. The average molecular weight is 345 g/mol. The van der Waals surface area contributed by atoms with Gasteiger partial charge in [-0.3, -0.25) is 4.90 Å². The minimum atomic E-state index is 0.00317. The fraction of sp³-hybridized carbons (Fsp3) is 0.667. The molecule has 0 bridgehead atoms. The van der Waals surface area contributed by atoms with E-state index in [2.05, 4.69) is 33.5 Å². The molecular weight excluding hydrogens is 322 g/mol. The van der Waals surface area contributed by atoms with Crippen LogP contribution in [0.5, 0.6) is 0 Å². The molecule has 0 radical (unpaired) electrons. The largest absolute Gasteiger partial charge is 0.422 e. The number of hydrogen-bond acceptors (Lipinski definition) is 6. The van der Waals surface area contributed by atoms with Crippen molar-refractivity contribution < 1.29 is 9.15 Å². The van der Waals surface area contributed by atoms with Gasteiger partial charge in [0.2, 0.25) is 11.8 Å². The first-order valence-electron chi connectivity index (χ1n) is 9.00. The molecule has 0 unspecified atom stereocenters. The van der Waals surface area contributed by atoms with Crippen molar-refractivity contribution in [3.05, 3.63) is 33.7 Å². The molecule has 2 saturated heterocycles. The van der Waals surface area contributed by atoms with Crippen LogP contribution in [0.4, 0.5) is 0 Å². The third-order valence-electron chi connectivity index (χ3n) is 5.63. The summed E-state index contributed by atoms with van der Waals surface area (Å²) >= 11 is 1.86. The summed E-state index contributed by atoms with van der Waals surface area (Å²) in [5.74, 6) is 2.66. The first-order chi connectivity index (χ1) is 11.8. The number of piperidine rings is 1. The van der Waals surface area contributed by atoms with Crippen LogP contribution in [-0.4, -0.2) is 34.3 Å². The summed E-state index contributed by atoms with van der Waals surface area (Å²) in [6.45, 7) is 5.43. The van der Waals surface area contributed by atoms with Crippen molar-refractivity contribution >= 4 is 11.3 Å². The summed E-state index contributed by atoms with van der Waals surface area (Å²) in [7, 11) is 0. The number of aryl methyl sites for hydroxylation is 1. The Bertz CT molecular complexity index is 723. The molecule has 0 N–H and O–H groups in total. The zero-order chi connectivity index (χ0) is 16.1. The van der Waals surface area contributed by atoms with E-state index in [1.807, 2.05) is 11.3 Å². The molecule has 6 heteroatoms. The molecule has 128 valence electrons. The van der Waals surface area contributed by atoms with Gasteiger partial charge in [0, 0.05) is 23.9 Å². The Balaban J connectivity index is 1.23. The van der Waals surface area contributed by atoms with Crippen LogP contribution in [0.15, 0.2) is 15.9 Å². The van der Waals surface area contributed by atoms with Crippen molar-refractivity contribution in [2.45, 2.75) is 57.3 Å². The summed E-state index contributed by atoms with van der Waals surface area (Å²) in [6, 6.07) is 2.21. The van der Waals surface area contributed by atoms with Crippen LogP contribution >= 0.6 is 11.3 Å². The van der Waals surface area contributed by atoms with Gasteiger partial charge >= 0.3 is 0 Å². The molecule has 2 aliphatic heterocycles. The van der Waals surface area contributed by atoms with Gasteiger partial charge in [0.1, 0.15) is 6.10 Å². The van der Waals surface area contributed by atoms with Crippen LogP contribution in [0.25, 0.3) is 0 Å². The highest BCUT2D eigenvalue weighted by Gasteiger charge is 2.42. The Kier molecular flexibility index (Phi) is 3.72. The summed E-state index contributed by atoms with van der Waals surface area (Å²) in [4.78, 5) is 4.01. The molecular formula is C18H23N3O2S. The third-order valence-corrected chi connectivity index (χ3v) is 6.64. The molecule has 3 aliphatic rings. The molecule has 3 atom stereocenters. The van der Waals surface area contributed by atoms with E-state index >= 15 is 0 Å². The number of thiophene rings is 1. The first-order valence-corrected chi connectivity index (χ1v) is 9.88. The third kappa shape index (κ3) is 2.80. The van der Waals surface area contributed by atoms with Crippen molar-refractivity contribution in [2.24, 2.45) is 5.92 Å². The number of nitrogens with zero attached hydrogens (tertiary/aromatic N) is 3. The zero-order valence-corrected chi connectivity index (χ0v) is 14.8. The SMILES string of the molecule is Cc1ccsc1CN1CC[C@H]2C[C@H](c3nnc(C4CC4)o3)O[C@@H]2C1. The maximum atomic E-state index is 6.31. The lowest BCUT2D eigenvalue weighted by atomic mass is 9.91. The lowest BCUT2D eigenvalue weighted by Crippen LogP contribution is -2.41. The van der Waals surface area contributed by atoms with Crippen LogP contribution < -0.4 is 0 Å². The van der Waals surface area contributed by atoms with Crippen LogP contribution in [0.1, 0.15) is 59.9 Å². The van der Waals surface area contributed by atoms with E-state index in [4.69, 9.17) is 9.15 Å². The van der Waals surface area contributed by atoms with Gasteiger partial charge in [-0.15, -0.1) is 21.5 Å². The van der Waals surface area contributed by atoms with Gasteiger partial charge in [0.05, 0.1) is 6.10 Å². The van der Waals surface area contributed by atoms with Gasteiger partial charge in [-0.05, 0) is 62.1 Å². The quantitative estimate of drug-likeness (QED) is 0.846. The molecule has 3 fully saturated rings. The standard InChI is InChI=1S/C18H23N3O2S/c1-11-5-7-24-16(11)10-21-6-4-13-8-14(22-15(13)9-21)18-20-19-17(23-18)12-2-3-12/h5,7,12-15H,2-4,6,8-10H2,1H3/t13-,14+,15+/m0/s1. The molecule has 4 heterocycles. The van der Waals surface area contributed by atoms with Gasteiger partial charge in [0.15, 0.2) is 0 Å². The van der Waals surface area contributed by atoms with Crippen LogP contribution in [0.2, 0.25) is 0 Å². The molecule has 0 amide bonds. The lowest BCUT2D eigenvalue weighted by Gasteiger charge is -2.33. The van der Waals surface area contributed by atoms with Crippen molar-refractivity contribution in [1.29, 1.82) is 0 Å². The monoisotopic (exact) mass is 345 g/mol. The van der Waals surface area contributed by atoms with Crippen molar-refractivity contribution in [3.8, 4) is 0 Å². The Hall–Kier alpha value is -1.24. The van der Waals surface area contributed by atoms with E-state index in [0.29, 0.717) is 23.8 Å². The zero-order valence-electron chi connectivity index (χ0n) is 14.0. The minimum absolute atomic E-state index is 0.00317. The molecule has 1 saturated carbocycles. The number of rotatable bonds is 4. The van der Waals surface area contributed by atoms with E-state index in [9.17, 15) is 0 Å². The summed E-state index contributed by atoms with van der Waals surface area (Å²) in [6.07, 6.45) is 4.92. The number of hydrogen-bond donors (Lipinski definition) is 0. The summed E-state index contributed by atoms with van der Waals surface area (Å²) in [5, 5.41) is 10.7. The summed E-state index contributed by atoms with van der Waals surface area (Å²) < 4.78 is 12.2. The fourth-order valence-corrected chi connectivity index (χ4v) is 4.89. The number of fused-ring (bicyclic) bond motifs is 1. The molecule has 2 aromatic heterocycles. The van der Waals surface area contributed by atoms with Gasteiger partial charge in [-0.1, -0.05) is 0 Å². The minimum Gasteiger partial charge on any atom is -0.422 e. The van der Waals surface area contributed by atoms with Crippen LogP contribution in [0, 0.1) is 12.8 Å². The molecule has 2 aromatic rings. The Labute approximate surface area is 146 Å². The topological polar surface area (TPSA) is 51.4 Å².